The first-order valence-electron chi connectivity index (χ1n) is 15.9. The highest BCUT2D eigenvalue weighted by atomic mass is 32.2. The van der Waals surface area contributed by atoms with Gasteiger partial charge in [-0.2, -0.15) is 8.42 Å². The molecule has 0 saturated carbocycles. The van der Waals surface area contributed by atoms with Crippen LogP contribution in [0.4, 0.5) is 4.39 Å². The number of hydrogen-bond acceptors (Lipinski definition) is 14. The number of hydrogen-bond donors (Lipinski definition) is 0. The van der Waals surface area contributed by atoms with Gasteiger partial charge >= 0.3 is 0 Å². The monoisotopic (exact) mass is 702 g/mol. The fraction of sp³-hybridized carbons (Fsp3) is 0.806. The molecule has 0 radical (unpaired) electrons. The van der Waals surface area contributed by atoms with Crippen molar-refractivity contribution in [3.05, 3.63) is 29.8 Å². The molecule has 0 aliphatic carbocycles. The van der Waals surface area contributed by atoms with E-state index in [0.29, 0.717) is 132 Å². The second kappa shape index (κ2) is 33.1. The molecule has 0 amide bonds. The molecule has 0 aliphatic rings. The zero-order valence-electron chi connectivity index (χ0n) is 27.8. The first-order valence-corrected chi connectivity index (χ1v) is 17.3. The summed E-state index contributed by atoms with van der Waals surface area (Å²) in [4.78, 5) is 0.124. The molecule has 276 valence electrons. The number of halogens is 1. The molecule has 0 N–H and O–H groups in total. The fourth-order valence-corrected chi connectivity index (χ4v) is 4.22. The molecule has 1 aromatic rings. The molecule has 14 nitrogen and oxygen atoms in total. The SMILES string of the molecule is Cc1ccc(S(=O)(=O)OCCOCCOCCOCCOCCOCCOCCOCCOCCOCCOCCOCCF)cc1. The van der Waals surface area contributed by atoms with Gasteiger partial charge < -0.3 is 52.1 Å². The molecule has 0 heterocycles. The smallest absolute Gasteiger partial charge is 0.297 e. The van der Waals surface area contributed by atoms with Crippen molar-refractivity contribution in [3.8, 4) is 0 Å². The summed E-state index contributed by atoms with van der Waals surface area (Å²) in [6, 6.07) is 6.47. The van der Waals surface area contributed by atoms with Crippen LogP contribution in [0.2, 0.25) is 0 Å². The molecule has 0 aromatic heterocycles. The minimum absolute atomic E-state index is 0.0633. The van der Waals surface area contributed by atoms with Crippen molar-refractivity contribution in [1.82, 2.24) is 0 Å². The van der Waals surface area contributed by atoms with Crippen molar-refractivity contribution < 1.29 is 69.1 Å². The zero-order valence-corrected chi connectivity index (χ0v) is 28.6. The minimum Gasteiger partial charge on any atom is -0.377 e. The van der Waals surface area contributed by atoms with Crippen LogP contribution in [0.25, 0.3) is 0 Å². The van der Waals surface area contributed by atoms with Gasteiger partial charge in [-0.25, -0.2) is 4.39 Å². The van der Waals surface area contributed by atoms with E-state index in [2.05, 4.69) is 0 Å². The number of rotatable bonds is 37. The molecule has 0 unspecified atom stereocenters. The molecule has 0 fully saturated rings. The average molecular weight is 703 g/mol. The summed E-state index contributed by atoms with van der Waals surface area (Å²) < 4.78 is 99.9. The third-order valence-corrected chi connectivity index (χ3v) is 7.04. The first-order chi connectivity index (χ1) is 23.1. The summed E-state index contributed by atoms with van der Waals surface area (Å²) in [5.74, 6) is 0. The van der Waals surface area contributed by atoms with Crippen LogP contribution < -0.4 is 0 Å². The normalized spacial score (nSPS) is 11.9. The van der Waals surface area contributed by atoms with E-state index in [1.807, 2.05) is 6.92 Å². The summed E-state index contributed by atoms with van der Waals surface area (Å²) >= 11 is 0. The third-order valence-electron chi connectivity index (χ3n) is 5.72. The van der Waals surface area contributed by atoms with E-state index in [0.717, 1.165) is 5.56 Å². The van der Waals surface area contributed by atoms with Crippen LogP contribution in [-0.2, 0) is 66.4 Å². The third kappa shape index (κ3) is 29.3. The van der Waals surface area contributed by atoms with E-state index in [9.17, 15) is 12.8 Å². The van der Waals surface area contributed by atoms with Gasteiger partial charge in [0.25, 0.3) is 10.1 Å². The molecule has 0 saturated heterocycles. The maximum atomic E-state index is 12.1. The fourth-order valence-electron chi connectivity index (χ4n) is 3.33. The lowest BCUT2D eigenvalue weighted by Crippen LogP contribution is -2.16. The van der Waals surface area contributed by atoms with Crippen molar-refractivity contribution in [2.24, 2.45) is 0 Å². The Morgan fingerprint density at radius 2 is 0.638 bits per heavy atom. The standard InChI is InChI=1S/C31H55FO14S/c1-30-2-4-31(5-3-30)47(33,34)46-29-28-45-27-26-44-25-24-43-23-22-42-21-20-41-19-18-40-17-16-39-15-14-38-13-12-37-11-10-36-9-8-35-7-6-32/h2-5H,6-29H2,1H3. The van der Waals surface area contributed by atoms with Gasteiger partial charge in [0.2, 0.25) is 0 Å². The highest BCUT2D eigenvalue weighted by Gasteiger charge is 2.14. The van der Waals surface area contributed by atoms with E-state index in [1.165, 1.54) is 12.1 Å². The molecule has 0 spiro atoms. The Morgan fingerprint density at radius 3 is 0.894 bits per heavy atom. The van der Waals surface area contributed by atoms with Gasteiger partial charge in [-0.3, -0.25) is 4.18 Å². The van der Waals surface area contributed by atoms with Gasteiger partial charge in [0, 0.05) is 0 Å². The Morgan fingerprint density at radius 1 is 0.404 bits per heavy atom. The maximum absolute atomic E-state index is 12.1. The number of aryl methyl sites for hydroxylation is 1. The van der Waals surface area contributed by atoms with Crippen LogP contribution in [0.15, 0.2) is 29.2 Å². The zero-order chi connectivity index (χ0) is 33.9. The average Bonchev–Trinajstić information content (AvgIpc) is 3.06. The molecule has 0 bridgehead atoms. The van der Waals surface area contributed by atoms with E-state index in [4.69, 9.17) is 56.3 Å². The Hall–Kier alpha value is -1.38. The van der Waals surface area contributed by atoms with E-state index in [1.54, 1.807) is 12.1 Å². The Kier molecular flexibility index (Phi) is 30.8. The van der Waals surface area contributed by atoms with E-state index >= 15 is 0 Å². The highest BCUT2D eigenvalue weighted by molar-refractivity contribution is 7.86. The van der Waals surface area contributed by atoms with Crippen molar-refractivity contribution in [1.29, 1.82) is 0 Å². The van der Waals surface area contributed by atoms with Gasteiger partial charge in [0.1, 0.15) is 6.67 Å². The predicted molar refractivity (Wildman–Crippen MR) is 169 cm³/mol. The van der Waals surface area contributed by atoms with Crippen LogP contribution in [0, 0.1) is 6.92 Å². The van der Waals surface area contributed by atoms with Gasteiger partial charge in [-0.1, -0.05) is 17.7 Å². The summed E-state index contributed by atoms with van der Waals surface area (Å²) in [6.45, 7) is 10.5. The molecule has 1 rings (SSSR count). The molecule has 47 heavy (non-hydrogen) atoms. The van der Waals surface area contributed by atoms with Crippen molar-refractivity contribution >= 4 is 10.1 Å². The number of benzene rings is 1. The molecular weight excluding hydrogens is 647 g/mol. The van der Waals surface area contributed by atoms with Gasteiger partial charge in [-0.15, -0.1) is 0 Å². The van der Waals surface area contributed by atoms with Crippen molar-refractivity contribution in [2.75, 3.05) is 159 Å². The lowest BCUT2D eigenvalue weighted by molar-refractivity contribution is -0.0278. The summed E-state index contributed by atoms with van der Waals surface area (Å²) in [7, 11) is -3.78. The van der Waals surface area contributed by atoms with Gasteiger partial charge in [0.15, 0.2) is 0 Å². The van der Waals surface area contributed by atoms with Crippen LogP contribution in [0.5, 0.6) is 0 Å². The molecule has 1 aromatic carbocycles. The molecule has 0 aliphatic heterocycles. The van der Waals surface area contributed by atoms with Crippen molar-refractivity contribution in [3.63, 3.8) is 0 Å². The van der Waals surface area contributed by atoms with Crippen molar-refractivity contribution in [2.45, 2.75) is 11.8 Å². The van der Waals surface area contributed by atoms with Crippen LogP contribution in [0.1, 0.15) is 5.56 Å². The highest BCUT2D eigenvalue weighted by Crippen LogP contribution is 2.12. The Bertz CT molecular complexity index is 895. The number of alkyl halides is 1. The minimum atomic E-state index is -3.78. The Balaban J connectivity index is 1.67. The van der Waals surface area contributed by atoms with Crippen LogP contribution in [-0.4, -0.2) is 167 Å². The summed E-state index contributed by atoms with van der Waals surface area (Å²) in [5.41, 5.74) is 0.972. The summed E-state index contributed by atoms with van der Waals surface area (Å²) in [5, 5.41) is 0. The molecule has 16 heteroatoms. The second-order valence-corrected chi connectivity index (χ2v) is 11.1. The largest absolute Gasteiger partial charge is 0.377 e. The van der Waals surface area contributed by atoms with E-state index in [-0.39, 0.29) is 24.7 Å². The van der Waals surface area contributed by atoms with Gasteiger partial charge in [0.05, 0.1) is 157 Å². The van der Waals surface area contributed by atoms with Crippen LogP contribution >= 0.6 is 0 Å². The number of ether oxygens (including phenoxy) is 11. The quantitative estimate of drug-likeness (QED) is 0.0735. The second-order valence-electron chi connectivity index (χ2n) is 9.51. The Labute approximate surface area is 279 Å². The van der Waals surface area contributed by atoms with Gasteiger partial charge in [-0.05, 0) is 19.1 Å². The van der Waals surface area contributed by atoms with Crippen LogP contribution in [0.3, 0.4) is 0 Å². The lowest BCUT2D eigenvalue weighted by atomic mass is 10.2. The summed E-state index contributed by atoms with van der Waals surface area (Å²) in [6.07, 6.45) is 0. The topological polar surface area (TPSA) is 145 Å². The molecular formula is C31H55FO14S. The van der Waals surface area contributed by atoms with E-state index < -0.39 is 16.8 Å². The first kappa shape index (κ1) is 43.6. The predicted octanol–water partition coefficient (Wildman–Crippen LogP) is 1.85. The lowest BCUT2D eigenvalue weighted by Gasteiger charge is -2.09. The maximum Gasteiger partial charge on any atom is 0.297 e. The molecule has 0 atom stereocenters.